The van der Waals surface area contributed by atoms with Gasteiger partial charge in [-0.25, -0.2) is 8.42 Å². The second-order valence-electron chi connectivity index (χ2n) is 8.00. The first kappa shape index (κ1) is 22.8. The standard InChI is InChI=1S/C23H29ClN2O3S/c1-16-8-9-19(14-17(16)2)18(3)25-23(27)20-10-11-21(24)22(15-20)30(28,29)26-12-6-4-5-7-13-26/h8-11,14-15,18H,4-7,12-13H2,1-3H3,(H,25,27)/t18-/m0/s1. The van der Waals surface area contributed by atoms with Crippen LogP contribution in [0.1, 0.15) is 65.7 Å². The van der Waals surface area contributed by atoms with E-state index in [1.54, 1.807) is 6.07 Å². The van der Waals surface area contributed by atoms with Gasteiger partial charge in [0.25, 0.3) is 5.91 Å². The number of halogens is 1. The van der Waals surface area contributed by atoms with Crippen molar-refractivity contribution in [3.05, 3.63) is 63.7 Å². The maximum Gasteiger partial charge on any atom is 0.251 e. The number of sulfonamides is 1. The highest BCUT2D eigenvalue weighted by Crippen LogP contribution is 2.28. The predicted octanol–water partition coefficient (Wildman–Crippen LogP) is 5.01. The molecule has 30 heavy (non-hydrogen) atoms. The Kier molecular flexibility index (Phi) is 7.22. The number of nitrogens with zero attached hydrogens (tertiary/aromatic N) is 1. The van der Waals surface area contributed by atoms with E-state index in [4.69, 9.17) is 11.6 Å². The molecule has 1 amide bonds. The van der Waals surface area contributed by atoms with E-state index in [9.17, 15) is 13.2 Å². The summed E-state index contributed by atoms with van der Waals surface area (Å²) in [7, 11) is -3.74. The molecule has 0 aliphatic carbocycles. The summed E-state index contributed by atoms with van der Waals surface area (Å²) in [5, 5.41) is 3.09. The molecule has 1 saturated heterocycles. The molecule has 2 aromatic rings. The third-order valence-corrected chi connectivity index (χ3v) is 8.14. The van der Waals surface area contributed by atoms with Gasteiger partial charge in [-0.15, -0.1) is 0 Å². The summed E-state index contributed by atoms with van der Waals surface area (Å²) in [4.78, 5) is 12.8. The van der Waals surface area contributed by atoms with Crippen LogP contribution < -0.4 is 5.32 Å². The molecule has 3 rings (SSSR count). The quantitative estimate of drug-likeness (QED) is 0.698. The average molecular weight is 449 g/mol. The van der Waals surface area contributed by atoms with Gasteiger partial charge in [-0.2, -0.15) is 4.31 Å². The molecule has 1 aliphatic heterocycles. The van der Waals surface area contributed by atoms with E-state index in [1.807, 2.05) is 32.9 Å². The largest absolute Gasteiger partial charge is 0.346 e. The van der Waals surface area contributed by atoms with Gasteiger partial charge in [0, 0.05) is 18.7 Å². The van der Waals surface area contributed by atoms with Gasteiger partial charge in [-0.3, -0.25) is 4.79 Å². The Morgan fingerprint density at radius 3 is 2.30 bits per heavy atom. The van der Waals surface area contributed by atoms with E-state index in [1.165, 1.54) is 22.0 Å². The highest BCUT2D eigenvalue weighted by molar-refractivity contribution is 7.89. The first-order chi connectivity index (χ1) is 14.2. The minimum Gasteiger partial charge on any atom is -0.346 e. The van der Waals surface area contributed by atoms with E-state index in [-0.39, 0.29) is 27.4 Å². The molecule has 7 heteroatoms. The fraction of sp³-hybridized carbons (Fsp3) is 0.435. The topological polar surface area (TPSA) is 66.5 Å². The van der Waals surface area contributed by atoms with Crippen molar-refractivity contribution in [1.29, 1.82) is 0 Å². The molecule has 1 heterocycles. The van der Waals surface area contributed by atoms with Crippen LogP contribution in [-0.4, -0.2) is 31.7 Å². The lowest BCUT2D eigenvalue weighted by molar-refractivity contribution is 0.0939. The highest BCUT2D eigenvalue weighted by atomic mass is 35.5. The van der Waals surface area contributed by atoms with Crippen molar-refractivity contribution in [2.75, 3.05) is 13.1 Å². The summed E-state index contributed by atoms with van der Waals surface area (Å²) in [6, 6.07) is 10.3. The van der Waals surface area contributed by atoms with E-state index < -0.39 is 10.0 Å². The molecule has 0 spiro atoms. The average Bonchev–Trinajstić information content (AvgIpc) is 3.00. The Bertz CT molecular complexity index is 1030. The molecule has 0 unspecified atom stereocenters. The van der Waals surface area contributed by atoms with E-state index in [2.05, 4.69) is 11.4 Å². The number of aryl methyl sites for hydroxylation is 2. The SMILES string of the molecule is Cc1ccc([C@H](C)NC(=O)c2ccc(Cl)c(S(=O)(=O)N3CCCCCC3)c2)cc1C. The molecule has 1 fully saturated rings. The van der Waals surface area contributed by atoms with Crippen LogP contribution in [0.15, 0.2) is 41.3 Å². The number of hydrogen-bond donors (Lipinski definition) is 1. The minimum absolute atomic E-state index is 0.00227. The molecule has 0 radical (unpaired) electrons. The molecule has 1 atom stereocenters. The van der Waals surface area contributed by atoms with Crippen LogP contribution in [-0.2, 0) is 10.0 Å². The van der Waals surface area contributed by atoms with Gasteiger partial charge in [0.2, 0.25) is 10.0 Å². The number of carbonyl (C=O) groups is 1. The van der Waals surface area contributed by atoms with Crippen LogP contribution >= 0.6 is 11.6 Å². The zero-order valence-corrected chi connectivity index (χ0v) is 19.3. The lowest BCUT2D eigenvalue weighted by atomic mass is 10.0. The Labute approximate surface area is 184 Å². The van der Waals surface area contributed by atoms with Crippen LogP contribution in [0.5, 0.6) is 0 Å². The predicted molar refractivity (Wildman–Crippen MR) is 120 cm³/mol. The lowest BCUT2D eigenvalue weighted by Crippen LogP contribution is -2.32. The van der Waals surface area contributed by atoms with Crippen molar-refractivity contribution in [3.8, 4) is 0 Å². The Hall–Kier alpha value is -1.89. The van der Waals surface area contributed by atoms with Gasteiger partial charge < -0.3 is 5.32 Å². The Balaban J connectivity index is 1.83. The molecular formula is C23H29ClN2O3S. The van der Waals surface area contributed by atoms with Crippen molar-refractivity contribution in [2.24, 2.45) is 0 Å². The van der Waals surface area contributed by atoms with Crippen LogP contribution in [0.4, 0.5) is 0 Å². The molecular weight excluding hydrogens is 420 g/mol. The van der Waals surface area contributed by atoms with Gasteiger partial charge in [-0.1, -0.05) is 42.6 Å². The van der Waals surface area contributed by atoms with Gasteiger partial charge in [0.1, 0.15) is 4.90 Å². The first-order valence-corrected chi connectivity index (χ1v) is 12.2. The summed E-state index contributed by atoms with van der Waals surface area (Å²) < 4.78 is 27.8. The molecule has 162 valence electrons. The Morgan fingerprint density at radius 1 is 1.00 bits per heavy atom. The summed E-state index contributed by atoms with van der Waals surface area (Å²) in [5.41, 5.74) is 3.63. The summed E-state index contributed by atoms with van der Waals surface area (Å²) >= 11 is 6.24. The lowest BCUT2D eigenvalue weighted by Gasteiger charge is -2.21. The summed E-state index contributed by atoms with van der Waals surface area (Å²) in [6.45, 7) is 6.96. The fourth-order valence-electron chi connectivity index (χ4n) is 3.66. The highest BCUT2D eigenvalue weighted by Gasteiger charge is 2.28. The molecule has 0 saturated carbocycles. The van der Waals surface area contributed by atoms with Crippen molar-refractivity contribution in [3.63, 3.8) is 0 Å². The van der Waals surface area contributed by atoms with Crippen LogP contribution in [0.3, 0.4) is 0 Å². The molecule has 5 nitrogen and oxygen atoms in total. The number of nitrogens with one attached hydrogen (secondary N) is 1. The number of rotatable bonds is 5. The molecule has 2 aromatic carbocycles. The van der Waals surface area contributed by atoms with Crippen molar-refractivity contribution >= 4 is 27.5 Å². The van der Waals surface area contributed by atoms with Crippen molar-refractivity contribution in [2.45, 2.75) is 57.4 Å². The fourth-order valence-corrected chi connectivity index (χ4v) is 5.68. The number of hydrogen-bond acceptors (Lipinski definition) is 3. The van der Waals surface area contributed by atoms with E-state index >= 15 is 0 Å². The minimum atomic E-state index is -3.74. The zero-order valence-electron chi connectivity index (χ0n) is 17.7. The van der Waals surface area contributed by atoms with Crippen molar-refractivity contribution < 1.29 is 13.2 Å². The van der Waals surface area contributed by atoms with Crippen molar-refractivity contribution in [1.82, 2.24) is 9.62 Å². The van der Waals surface area contributed by atoms with E-state index in [0.29, 0.717) is 13.1 Å². The maximum absolute atomic E-state index is 13.2. The second-order valence-corrected chi connectivity index (χ2v) is 10.3. The van der Waals surface area contributed by atoms with Gasteiger partial charge in [0.15, 0.2) is 0 Å². The third-order valence-electron chi connectivity index (χ3n) is 5.75. The van der Waals surface area contributed by atoms with E-state index in [0.717, 1.165) is 36.8 Å². The van der Waals surface area contributed by atoms with Gasteiger partial charge in [0.05, 0.1) is 11.1 Å². The van der Waals surface area contributed by atoms with Crippen LogP contribution in [0, 0.1) is 13.8 Å². The van der Waals surface area contributed by atoms with Crippen LogP contribution in [0.2, 0.25) is 5.02 Å². The summed E-state index contributed by atoms with van der Waals surface area (Å²) in [5.74, 6) is -0.329. The molecule has 1 aliphatic rings. The Morgan fingerprint density at radius 2 is 1.67 bits per heavy atom. The molecule has 0 aromatic heterocycles. The third kappa shape index (κ3) is 5.05. The van der Waals surface area contributed by atoms with Crippen LogP contribution in [0.25, 0.3) is 0 Å². The molecule has 1 N–H and O–H groups in total. The number of benzene rings is 2. The normalized spacial score (nSPS) is 16.7. The second kappa shape index (κ2) is 9.50. The number of amides is 1. The monoisotopic (exact) mass is 448 g/mol. The molecule has 0 bridgehead atoms. The smallest absolute Gasteiger partial charge is 0.251 e. The van der Waals surface area contributed by atoms with Gasteiger partial charge >= 0.3 is 0 Å². The summed E-state index contributed by atoms with van der Waals surface area (Å²) in [6.07, 6.45) is 3.73. The maximum atomic E-state index is 13.2. The number of carbonyl (C=O) groups excluding carboxylic acids is 1. The zero-order chi connectivity index (χ0) is 21.9. The van der Waals surface area contributed by atoms with Gasteiger partial charge in [-0.05, 0) is 68.5 Å². The first-order valence-electron chi connectivity index (χ1n) is 10.4.